The number of carbonyl (C=O) groups excluding carboxylic acids is 1. The summed E-state index contributed by atoms with van der Waals surface area (Å²) in [5, 5.41) is 12.6. The van der Waals surface area contributed by atoms with Crippen molar-refractivity contribution in [3.8, 4) is 0 Å². The number of urea groups is 1. The van der Waals surface area contributed by atoms with Gasteiger partial charge in [0.2, 0.25) is 10.0 Å². The van der Waals surface area contributed by atoms with E-state index in [0.717, 1.165) is 9.35 Å². The molecule has 1 aromatic carbocycles. The highest BCUT2D eigenvalue weighted by molar-refractivity contribution is 9.10. The molecular weight excluding hydrogens is 402 g/mol. The standard InChI is InChI=1S/C14H16BrN3O3S2/c1-9(10-3-2-4-13(5-10)23(16,20)21)18-14(19)17-7-12-6-11(15)8-22-12/h2-6,8-9H,7H2,1H3,(H2,16,20,21)(H2,17,18,19). The van der Waals surface area contributed by atoms with Crippen molar-refractivity contribution in [3.63, 3.8) is 0 Å². The quantitative estimate of drug-likeness (QED) is 0.696. The Morgan fingerprint density at radius 2 is 2.13 bits per heavy atom. The Labute approximate surface area is 147 Å². The van der Waals surface area contributed by atoms with Crippen LogP contribution in [0.15, 0.2) is 45.1 Å². The van der Waals surface area contributed by atoms with Crippen LogP contribution in [0.25, 0.3) is 0 Å². The molecule has 0 radical (unpaired) electrons. The Morgan fingerprint density at radius 3 is 2.74 bits per heavy atom. The fraction of sp³-hybridized carbons (Fsp3) is 0.214. The van der Waals surface area contributed by atoms with Crippen molar-refractivity contribution < 1.29 is 13.2 Å². The maximum atomic E-state index is 11.9. The van der Waals surface area contributed by atoms with Gasteiger partial charge in [-0.25, -0.2) is 18.4 Å². The smallest absolute Gasteiger partial charge is 0.315 e. The molecule has 2 rings (SSSR count). The van der Waals surface area contributed by atoms with E-state index in [2.05, 4.69) is 26.6 Å². The zero-order valence-corrected chi connectivity index (χ0v) is 15.5. The lowest BCUT2D eigenvalue weighted by molar-refractivity contribution is 0.237. The van der Waals surface area contributed by atoms with E-state index in [9.17, 15) is 13.2 Å². The predicted octanol–water partition coefficient (Wildman–Crippen LogP) is 2.72. The van der Waals surface area contributed by atoms with E-state index in [0.29, 0.717) is 12.1 Å². The molecule has 124 valence electrons. The van der Waals surface area contributed by atoms with E-state index < -0.39 is 10.0 Å². The Bertz CT molecular complexity index is 805. The summed E-state index contributed by atoms with van der Waals surface area (Å²) in [4.78, 5) is 13.0. The van der Waals surface area contributed by atoms with Gasteiger partial charge in [-0.05, 0) is 46.6 Å². The highest BCUT2D eigenvalue weighted by Gasteiger charge is 2.13. The highest BCUT2D eigenvalue weighted by Crippen LogP contribution is 2.19. The number of hydrogen-bond donors (Lipinski definition) is 3. The van der Waals surface area contributed by atoms with Gasteiger partial charge in [0.15, 0.2) is 0 Å². The molecule has 0 saturated carbocycles. The molecule has 4 N–H and O–H groups in total. The highest BCUT2D eigenvalue weighted by atomic mass is 79.9. The summed E-state index contributed by atoms with van der Waals surface area (Å²) in [5.41, 5.74) is 0.658. The number of hydrogen-bond acceptors (Lipinski definition) is 4. The molecule has 0 fully saturated rings. The van der Waals surface area contributed by atoms with Gasteiger partial charge in [0.1, 0.15) is 0 Å². The fourth-order valence-electron chi connectivity index (χ4n) is 1.91. The van der Waals surface area contributed by atoms with Gasteiger partial charge in [-0.15, -0.1) is 11.3 Å². The van der Waals surface area contributed by atoms with Gasteiger partial charge >= 0.3 is 6.03 Å². The molecule has 6 nitrogen and oxygen atoms in total. The molecule has 1 atom stereocenters. The minimum absolute atomic E-state index is 0.0208. The number of rotatable bonds is 5. The lowest BCUT2D eigenvalue weighted by atomic mass is 10.1. The van der Waals surface area contributed by atoms with Crippen LogP contribution in [0.5, 0.6) is 0 Å². The average Bonchev–Trinajstić information content (AvgIpc) is 2.90. The number of primary sulfonamides is 1. The minimum atomic E-state index is -3.76. The largest absolute Gasteiger partial charge is 0.333 e. The van der Waals surface area contributed by atoms with Crippen molar-refractivity contribution >= 4 is 43.3 Å². The van der Waals surface area contributed by atoms with Crippen molar-refractivity contribution in [1.29, 1.82) is 0 Å². The second-order valence-corrected chi connectivity index (χ2v) is 8.37. The number of amides is 2. The topological polar surface area (TPSA) is 101 Å². The first kappa shape index (κ1) is 17.9. The molecule has 1 heterocycles. The predicted molar refractivity (Wildman–Crippen MR) is 93.6 cm³/mol. The Morgan fingerprint density at radius 1 is 1.39 bits per heavy atom. The van der Waals surface area contributed by atoms with Gasteiger partial charge in [-0.1, -0.05) is 12.1 Å². The Kier molecular flexibility index (Phi) is 5.79. The number of halogens is 1. The van der Waals surface area contributed by atoms with Gasteiger partial charge in [0.25, 0.3) is 0 Å². The monoisotopic (exact) mass is 417 g/mol. The molecule has 0 aliphatic heterocycles. The third-order valence-corrected chi connectivity index (χ3v) is 5.69. The average molecular weight is 418 g/mol. The molecule has 0 aliphatic carbocycles. The number of benzene rings is 1. The SMILES string of the molecule is CC(NC(=O)NCc1cc(Br)cs1)c1cccc(S(N)(=O)=O)c1. The van der Waals surface area contributed by atoms with Crippen LogP contribution in [0.1, 0.15) is 23.4 Å². The van der Waals surface area contributed by atoms with Gasteiger partial charge in [-0.2, -0.15) is 0 Å². The second kappa shape index (κ2) is 7.43. The van der Waals surface area contributed by atoms with Crippen LogP contribution in [-0.2, 0) is 16.6 Å². The van der Waals surface area contributed by atoms with Crippen molar-refractivity contribution in [3.05, 3.63) is 50.6 Å². The molecular formula is C14H16BrN3O3S2. The molecule has 23 heavy (non-hydrogen) atoms. The van der Waals surface area contributed by atoms with Crippen molar-refractivity contribution in [2.45, 2.75) is 24.4 Å². The summed E-state index contributed by atoms with van der Waals surface area (Å²) in [6.45, 7) is 2.19. The molecule has 0 bridgehead atoms. The third kappa shape index (κ3) is 5.31. The maximum Gasteiger partial charge on any atom is 0.315 e. The lowest BCUT2D eigenvalue weighted by Gasteiger charge is -2.15. The van der Waals surface area contributed by atoms with Gasteiger partial charge < -0.3 is 10.6 Å². The molecule has 0 spiro atoms. The molecule has 0 saturated heterocycles. The van der Waals surface area contributed by atoms with E-state index in [1.807, 2.05) is 11.4 Å². The molecule has 1 unspecified atom stereocenters. The zero-order chi connectivity index (χ0) is 17.0. The summed E-state index contributed by atoms with van der Waals surface area (Å²) >= 11 is 4.90. The number of carbonyl (C=O) groups is 1. The van der Waals surface area contributed by atoms with Crippen molar-refractivity contribution in [1.82, 2.24) is 10.6 Å². The molecule has 2 aromatic rings. The summed E-state index contributed by atoms with van der Waals surface area (Å²) in [5.74, 6) is 0. The number of nitrogens with two attached hydrogens (primary N) is 1. The number of thiophene rings is 1. The van der Waals surface area contributed by atoms with E-state index >= 15 is 0 Å². The Hall–Kier alpha value is -1.42. The first-order chi connectivity index (χ1) is 10.8. The number of nitrogens with one attached hydrogen (secondary N) is 2. The van der Waals surface area contributed by atoms with Gasteiger partial charge in [-0.3, -0.25) is 0 Å². The summed E-state index contributed by atoms with van der Waals surface area (Å²) < 4.78 is 23.7. The van der Waals surface area contributed by atoms with Crippen LogP contribution in [0.2, 0.25) is 0 Å². The second-order valence-electron chi connectivity index (χ2n) is 4.90. The summed E-state index contributed by atoms with van der Waals surface area (Å²) in [6.07, 6.45) is 0. The van der Waals surface area contributed by atoms with E-state index in [1.54, 1.807) is 30.4 Å². The lowest BCUT2D eigenvalue weighted by Crippen LogP contribution is -2.36. The van der Waals surface area contributed by atoms with E-state index in [4.69, 9.17) is 5.14 Å². The van der Waals surface area contributed by atoms with Crippen molar-refractivity contribution in [2.24, 2.45) is 5.14 Å². The van der Waals surface area contributed by atoms with Crippen LogP contribution >= 0.6 is 27.3 Å². The maximum absolute atomic E-state index is 11.9. The first-order valence-electron chi connectivity index (χ1n) is 6.66. The van der Waals surface area contributed by atoms with Gasteiger partial charge in [0, 0.05) is 14.7 Å². The van der Waals surface area contributed by atoms with E-state index in [1.165, 1.54) is 12.1 Å². The molecule has 2 amide bonds. The van der Waals surface area contributed by atoms with Crippen LogP contribution in [0.3, 0.4) is 0 Å². The summed E-state index contributed by atoms with van der Waals surface area (Å²) in [7, 11) is -3.76. The molecule has 9 heteroatoms. The molecule has 1 aromatic heterocycles. The minimum Gasteiger partial charge on any atom is -0.333 e. The van der Waals surface area contributed by atoms with Crippen LogP contribution < -0.4 is 15.8 Å². The van der Waals surface area contributed by atoms with Crippen LogP contribution in [-0.4, -0.2) is 14.4 Å². The zero-order valence-electron chi connectivity index (χ0n) is 12.2. The summed E-state index contributed by atoms with van der Waals surface area (Å²) in [6, 6.07) is 7.44. The molecule has 0 aliphatic rings. The van der Waals surface area contributed by atoms with Gasteiger partial charge in [0.05, 0.1) is 17.5 Å². The fourth-order valence-corrected chi connectivity index (χ4v) is 3.87. The third-order valence-electron chi connectivity index (χ3n) is 3.08. The first-order valence-corrected chi connectivity index (χ1v) is 9.87. The van der Waals surface area contributed by atoms with Crippen molar-refractivity contribution in [2.75, 3.05) is 0 Å². The van der Waals surface area contributed by atoms with Crippen LogP contribution in [0.4, 0.5) is 4.79 Å². The van der Waals surface area contributed by atoms with E-state index in [-0.39, 0.29) is 17.0 Å². The van der Waals surface area contributed by atoms with Crippen LogP contribution in [0, 0.1) is 0 Å². The number of sulfonamides is 1. The normalized spacial score (nSPS) is 12.7. The Balaban J connectivity index is 1.95.